The predicted octanol–water partition coefficient (Wildman–Crippen LogP) is -0.0100. The van der Waals surface area contributed by atoms with E-state index in [0.717, 1.165) is 0 Å². The summed E-state index contributed by atoms with van der Waals surface area (Å²) >= 11 is 0. The summed E-state index contributed by atoms with van der Waals surface area (Å²) in [6.45, 7) is 0. The standard InChI is InChI=1S/Mn.Nb.Ti.Zr. The predicted molar refractivity (Wildman–Crippen MR) is 0 cm³/mol. The second kappa shape index (κ2) is 16.9. The third-order valence-electron chi connectivity index (χ3n) is 0. The molecule has 0 aromatic heterocycles. The van der Waals surface area contributed by atoms with Crippen LogP contribution in [0.15, 0.2) is 0 Å². The van der Waals surface area contributed by atoms with Crippen molar-refractivity contribution in [1.29, 1.82) is 0 Å². The Morgan fingerprint density at radius 3 is 1.00 bits per heavy atom. The van der Waals surface area contributed by atoms with E-state index in [-0.39, 0.29) is 87.4 Å². The van der Waals surface area contributed by atoms with Crippen molar-refractivity contribution in [2.24, 2.45) is 0 Å². The monoisotopic (exact) mass is 286 g/mol. The van der Waals surface area contributed by atoms with Crippen molar-refractivity contribution in [2.75, 3.05) is 0 Å². The Morgan fingerprint density at radius 2 is 1.00 bits per heavy atom. The molecule has 0 rings (SSSR count). The average molecular weight is 287 g/mol. The molecule has 20 valence electrons. The first-order valence-corrected chi connectivity index (χ1v) is 0. The summed E-state index contributed by atoms with van der Waals surface area (Å²) in [7, 11) is 0. The van der Waals surface area contributed by atoms with Crippen LogP contribution in [0, 0.1) is 0 Å². The van der Waals surface area contributed by atoms with Gasteiger partial charge >= 0.3 is 0 Å². The largest absolute Gasteiger partial charge is 0 e. The van der Waals surface area contributed by atoms with Crippen LogP contribution >= 0.6 is 0 Å². The molecule has 0 nitrogen and oxygen atoms in total. The summed E-state index contributed by atoms with van der Waals surface area (Å²) in [4.78, 5) is 0. The van der Waals surface area contributed by atoms with Crippen LogP contribution in [0.1, 0.15) is 0 Å². The van der Waals surface area contributed by atoms with Gasteiger partial charge in [0, 0.05) is 87.4 Å². The van der Waals surface area contributed by atoms with E-state index in [1.165, 1.54) is 0 Å². The third-order valence-corrected chi connectivity index (χ3v) is 0. The molecule has 0 spiro atoms. The van der Waals surface area contributed by atoms with Gasteiger partial charge in [-0.1, -0.05) is 0 Å². The quantitative estimate of drug-likeness (QED) is 0.550. The number of rotatable bonds is 0. The van der Waals surface area contributed by atoms with Crippen LogP contribution in [-0.4, -0.2) is 0 Å². The molecule has 0 bridgehead atoms. The summed E-state index contributed by atoms with van der Waals surface area (Å²) in [6.07, 6.45) is 0. The molecule has 0 N–H and O–H groups in total. The molecule has 0 saturated heterocycles. The normalized spacial score (nSPS) is 0. The van der Waals surface area contributed by atoms with Gasteiger partial charge in [-0.05, 0) is 0 Å². The number of hydrogen-bond donors (Lipinski definition) is 0. The molecule has 0 aliphatic rings. The van der Waals surface area contributed by atoms with Crippen molar-refractivity contribution < 1.29 is 87.4 Å². The fourth-order valence-electron chi connectivity index (χ4n) is 0. The molecule has 0 amide bonds. The van der Waals surface area contributed by atoms with E-state index < -0.39 is 0 Å². The van der Waals surface area contributed by atoms with E-state index >= 15 is 0 Å². The minimum Gasteiger partial charge on any atom is 0 e. The minimum absolute atomic E-state index is 0. The van der Waals surface area contributed by atoms with Crippen molar-refractivity contribution in [1.82, 2.24) is 0 Å². The zero-order valence-electron chi connectivity index (χ0n) is 1.83. The van der Waals surface area contributed by atoms with Gasteiger partial charge in [-0.15, -0.1) is 0 Å². The first-order valence-electron chi connectivity index (χ1n) is 0. The Kier molecular flexibility index (Phi) is 122. The molecule has 2 radical (unpaired) electrons. The Hall–Kier alpha value is 2.86. The molecule has 0 unspecified atom stereocenters. The van der Waals surface area contributed by atoms with Crippen molar-refractivity contribution in [3.05, 3.63) is 0 Å². The molecule has 0 aliphatic heterocycles. The maximum atomic E-state index is 0. The molecule has 4 heteroatoms. The third kappa shape index (κ3) is 8.85. The summed E-state index contributed by atoms with van der Waals surface area (Å²) in [5.74, 6) is 0. The van der Waals surface area contributed by atoms with Gasteiger partial charge in [0.1, 0.15) is 0 Å². The van der Waals surface area contributed by atoms with Gasteiger partial charge < -0.3 is 0 Å². The Labute approximate surface area is 85.9 Å². The summed E-state index contributed by atoms with van der Waals surface area (Å²) < 4.78 is 0. The van der Waals surface area contributed by atoms with Crippen LogP contribution < -0.4 is 0 Å². The van der Waals surface area contributed by atoms with Gasteiger partial charge in [0.05, 0.1) is 0 Å². The van der Waals surface area contributed by atoms with Crippen LogP contribution in [0.4, 0.5) is 0 Å². The zero-order valence-corrected chi connectivity index (χ0v) is 9.22. The Bertz CT molecular complexity index is 8.00. The maximum absolute atomic E-state index is 0. The topological polar surface area (TPSA) is 0 Å². The SMILES string of the molecule is [Mn].[Nb].[Ti].[Zr]. The second-order valence-electron chi connectivity index (χ2n) is 0. The van der Waals surface area contributed by atoms with Crippen molar-refractivity contribution in [3.8, 4) is 0 Å². The van der Waals surface area contributed by atoms with Gasteiger partial charge in [-0.25, -0.2) is 0 Å². The van der Waals surface area contributed by atoms with Crippen LogP contribution in [-0.2, 0) is 87.4 Å². The smallest absolute Gasteiger partial charge is 0 e. The molecular formula is MnNbTiZr. The van der Waals surface area contributed by atoms with E-state index in [9.17, 15) is 0 Å². The molecule has 4 heavy (non-hydrogen) atoms. The molecule has 0 aromatic rings. The van der Waals surface area contributed by atoms with Crippen LogP contribution in [0.3, 0.4) is 0 Å². The van der Waals surface area contributed by atoms with Crippen LogP contribution in [0.5, 0.6) is 0 Å². The summed E-state index contributed by atoms with van der Waals surface area (Å²) in [6, 6.07) is 0. The van der Waals surface area contributed by atoms with Crippen molar-refractivity contribution in [2.45, 2.75) is 0 Å². The van der Waals surface area contributed by atoms with E-state index in [1.807, 2.05) is 0 Å². The molecule has 0 saturated carbocycles. The maximum Gasteiger partial charge on any atom is 0 e. The molecule has 0 atom stereocenters. The first-order chi connectivity index (χ1) is 0. The van der Waals surface area contributed by atoms with Crippen molar-refractivity contribution in [3.63, 3.8) is 0 Å². The molecule has 0 heterocycles. The number of hydrogen-bond acceptors (Lipinski definition) is 0. The van der Waals surface area contributed by atoms with E-state index in [0.29, 0.717) is 0 Å². The van der Waals surface area contributed by atoms with E-state index in [4.69, 9.17) is 0 Å². The Morgan fingerprint density at radius 1 is 1.00 bits per heavy atom. The molecule has 0 aliphatic carbocycles. The van der Waals surface area contributed by atoms with Crippen molar-refractivity contribution >= 4 is 0 Å². The van der Waals surface area contributed by atoms with Gasteiger partial charge in [-0.3, -0.25) is 0 Å². The molecule has 0 fully saturated rings. The summed E-state index contributed by atoms with van der Waals surface area (Å²) in [5.41, 5.74) is 0. The van der Waals surface area contributed by atoms with Gasteiger partial charge in [-0.2, -0.15) is 0 Å². The fourth-order valence-corrected chi connectivity index (χ4v) is 0. The summed E-state index contributed by atoms with van der Waals surface area (Å²) in [5, 5.41) is 0. The fraction of sp³-hybridized carbons (Fsp3) is 0. The van der Waals surface area contributed by atoms with Gasteiger partial charge in [0.15, 0.2) is 0 Å². The second-order valence-corrected chi connectivity index (χ2v) is 0. The molecule has 0 aromatic carbocycles. The van der Waals surface area contributed by atoms with E-state index in [2.05, 4.69) is 0 Å². The Balaban J connectivity index is 0. The van der Waals surface area contributed by atoms with Gasteiger partial charge in [0.2, 0.25) is 0 Å². The van der Waals surface area contributed by atoms with Gasteiger partial charge in [0.25, 0.3) is 0 Å². The first kappa shape index (κ1) is 28.8. The average Bonchev–Trinajstić information content (AvgIpc) is 0. The molecular weight excluding hydrogens is 287 g/mol. The zero-order chi connectivity index (χ0) is 0. The van der Waals surface area contributed by atoms with E-state index in [1.54, 1.807) is 0 Å². The van der Waals surface area contributed by atoms with Crippen LogP contribution in [0.25, 0.3) is 0 Å². The van der Waals surface area contributed by atoms with Crippen LogP contribution in [0.2, 0.25) is 0 Å². The minimum atomic E-state index is 0.